The number of carbonyl (C=O) groups excluding carboxylic acids is 1. The quantitative estimate of drug-likeness (QED) is 0.708. The summed E-state index contributed by atoms with van der Waals surface area (Å²) in [4.78, 5) is 17.6. The standard InChI is InChI=1S/C25H33N3O3/c1-27-12-14-28(15-13-27)18-21-10-8-20(9-11-21)17-26-25(29)23-6-2-3-7-24(23)31-19-22-5-4-16-30-22/h2-3,6-11,22H,4-5,12-19H2,1H3,(H,26,29). The van der Waals surface area contributed by atoms with E-state index in [1.54, 1.807) is 6.07 Å². The predicted molar refractivity (Wildman–Crippen MR) is 121 cm³/mol. The Kier molecular flexibility index (Phi) is 7.57. The summed E-state index contributed by atoms with van der Waals surface area (Å²) in [7, 11) is 2.18. The molecule has 2 saturated heterocycles. The van der Waals surface area contributed by atoms with Crippen LogP contribution in [0, 0.1) is 0 Å². The molecule has 0 spiro atoms. The summed E-state index contributed by atoms with van der Waals surface area (Å²) in [6.07, 6.45) is 2.21. The zero-order valence-electron chi connectivity index (χ0n) is 18.4. The van der Waals surface area contributed by atoms with Gasteiger partial charge < -0.3 is 19.7 Å². The summed E-state index contributed by atoms with van der Waals surface area (Å²) in [6.45, 7) is 7.24. The van der Waals surface area contributed by atoms with E-state index in [1.165, 1.54) is 5.56 Å². The number of likely N-dealkylation sites (N-methyl/N-ethyl adjacent to an activating group) is 1. The molecule has 166 valence electrons. The Morgan fingerprint density at radius 2 is 1.81 bits per heavy atom. The number of benzene rings is 2. The zero-order valence-corrected chi connectivity index (χ0v) is 18.4. The number of hydrogen-bond donors (Lipinski definition) is 1. The number of hydrogen-bond acceptors (Lipinski definition) is 5. The highest BCUT2D eigenvalue weighted by Gasteiger charge is 2.18. The number of nitrogens with zero attached hydrogens (tertiary/aromatic N) is 2. The number of amides is 1. The van der Waals surface area contributed by atoms with Crippen LogP contribution in [0.2, 0.25) is 0 Å². The lowest BCUT2D eigenvalue weighted by Crippen LogP contribution is -2.43. The zero-order chi connectivity index (χ0) is 21.5. The number of piperazine rings is 1. The average Bonchev–Trinajstić information content (AvgIpc) is 3.32. The van der Waals surface area contributed by atoms with E-state index in [-0.39, 0.29) is 12.0 Å². The molecule has 1 atom stereocenters. The minimum absolute atomic E-state index is 0.121. The topological polar surface area (TPSA) is 54.0 Å². The van der Waals surface area contributed by atoms with Crippen LogP contribution in [0.5, 0.6) is 5.75 Å². The van der Waals surface area contributed by atoms with Gasteiger partial charge in [-0.05, 0) is 43.1 Å². The van der Waals surface area contributed by atoms with Gasteiger partial charge in [0.05, 0.1) is 11.7 Å². The smallest absolute Gasteiger partial charge is 0.255 e. The summed E-state index contributed by atoms with van der Waals surface area (Å²) in [5.41, 5.74) is 2.97. The van der Waals surface area contributed by atoms with Crippen molar-refractivity contribution in [3.05, 3.63) is 65.2 Å². The van der Waals surface area contributed by atoms with E-state index in [9.17, 15) is 4.79 Å². The van der Waals surface area contributed by atoms with Gasteiger partial charge in [-0.25, -0.2) is 0 Å². The molecule has 2 aliphatic rings. The monoisotopic (exact) mass is 423 g/mol. The molecule has 2 fully saturated rings. The molecule has 0 bridgehead atoms. The third-order valence-corrected chi connectivity index (χ3v) is 6.06. The number of carbonyl (C=O) groups is 1. The van der Waals surface area contributed by atoms with Crippen molar-refractivity contribution >= 4 is 5.91 Å². The molecular formula is C25H33N3O3. The molecule has 0 saturated carbocycles. The van der Waals surface area contributed by atoms with Crippen LogP contribution >= 0.6 is 0 Å². The van der Waals surface area contributed by atoms with E-state index in [2.05, 4.69) is 46.4 Å². The van der Waals surface area contributed by atoms with Crippen LogP contribution in [0.25, 0.3) is 0 Å². The first-order chi connectivity index (χ1) is 15.2. The van der Waals surface area contributed by atoms with Gasteiger partial charge in [0.2, 0.25) is 0 Å². The molecule has 1 unspecified atom stereocenters. The maximum absolute atomic E-state index is 12.8. The van der Waals surface area contributed by atoms with Crippen LogP contribution in [0.3, 0.4) is 0 Å². The van der Waals surface area contributed by atoms with Crippen LogP contribution in [0.15, 0.2) is 48.5 Å². The van der Waals surface area contributed by atoms with Crippen molar-refractivity contribution in [2.75, 3.05) is 46.4 Å². The first-order valence-corrected chi connectivity index (χ1v) is 11.3. The molecule has 31 heavy (non-hydrogen) atoms. The molecule has 2 aromatic rings. The van der Waals surface area contributed by atoms with Gasteiger partial charge in [0.15, 0.2) is 0 Å². The Morgan fingerprint density at radius 1 is 1.06 bits per heavy atom. The van der Waals surface area contributed by atoms with E-state index in [0.717, 1.165) is 57.7 Å². The van der Waals surface area contributed by atoms with Crippen LogP contribution in [-0.4, -0.2) is 68.3 Å². The molecule has 0 aromatic heterocycles. The highest BCUT2D eigenvalue weighted by molar-refractivity contribution is 5.96. The number of para-hydroxylation sites is 1. The number of rotatable bonds is 8. The Labute approximate surface area is 185 Å². The van der Waals surface area contributed by atoms with Crippen molar-refractivity contribution < 1.29 is 14.3 Å². The molecule has 2 aromatic carbocycles. The molecule has 6 nitrogen and oxygen atoms in total. The molecule has 2 heterocycles. The van der Waals surface area contributed by atoms with Gasteiger partial charge in [-0.1, -0.05) is 36.4 Å². The van der Waals surface area contributed by atoms with Crippen LogP contribution < -0.4 is 10.1 Å². The fraction of sp³-hybridized carbons (Fsp3) is 0.480. The average molecular weight is 424 g/mol. The lowest BCUT2D eigenvalue weighted by molar-refractivity contribution is 0.0670. The second-order valence-corrected chi connectivity index (χ2v) is 8.52. The molecule has 1 N–H and O–H groups in total. The van der Waals surface area contributed by atoms with Gasteiger partial charge in [-0.2, -0.15) is 0 Å². The second kappa shape index (κ2) is 10.8. The highest BCUT2D eigenvalue weighted by atomic mass is 16.5. The van der Waals surface area contributed by atoms with E-state index < -0.39 is 0 Å². The van der Waals surface area contributed by atoms with Gasteiger partial charge in [0.1, 0.15) is 12.4 Å². The minimum atomic E-state index is -0.121. The SMILES string of the molecule is CN1CCN(Cc2ccc(CNC(=O)c3ccccc3OCC3CCCO3)cc2)CC1. The first kappa shape index (κ1) is 21.8. The van der Waals surface area contributed by atoms with Crippen LogP contribution in [0.1, 0.15) is 34.3 Å². The number of ether oxygens (including phenoxy) is 2. The van der Waals surface area contributed by atoms with Gasteiger partial charge >= 0.3 is 0 Å². The molecular weight excluding hydrogens is 390 g/mol. The van der Waals surface area contributed by atoms with Crippen molar-refractivity contribution in [3.63, 3.8) is 0 Å². The molecule has 6 heteroatoms. The van der Waals surface area contributed by atoms with Crippen LogP contribution in [0.4, 0.5) is 0 Å². The third kappa shape index (κ3) is 6.29. The predicted octanol–water partition coefficient (Wildman–Crippen LogP) is 2.92. The third-order valence-electron chi connectivity index (χ3n) is 6.06. The second-order valence-electron chi connectivity index (χ2n) is 8.52. The van der Waals surface area contributed by atoms with Crippen molar-refractivity contribution in [1.29, 1.82) is 0 Å². The fourth-order valence-electron chi connectivity index (χ4n) is 4.04. The van der Waals surface area contributed by atoms with Crippen molar-refractivity contribution in [3.8, 4) is 5.75 Å². The summed E-state index contributed by atoms with van der Waals surface area (Å²) >= 11 is 0. The molecule has 2 aliphatic heterocycles. The van der Waals surface area contributed by atoms with Crippen molar-refractivity contribution in [2.45, 2.75) is 32.0 Å². The largest absolute Gasteiger partial charge is 0.490 e. The molecule has 0 aliphatic carbocycles. The fourth-order valence-corrected chi connectivity index (χ4v) is 4.04. The maximum Gasteiger partial charge on any atom is 0.255 e. The lowest BCUT2D eigenvalue weighted by Gasteiger charge is -2.32. The number of nitrogens with one attached hydrogen (secondary N) is 1. The first-order valence-electron chi connectivity index (χ1n) is 11.3. The van der Waals surface area contributed by atoms with Gasteiger partial charge in [-0.15, -0.1) is 0 Å². The maximum atomic E-state index is 12.8. The summed E-state index contributed by atoms with van der Waals surface area (Å²) in [6, 6.07) is 15.9. The minimum Gasteiger partial charge on any atom is -0.490 e. The Balaban J connectivity index is 1.27. The van der Waals surface area contributed by atoms with Gasteiger partial charge in [0.25, 0.3) is 5.91 Å². The Morgan fingerprint density at radius 3 is 2.55 bits per heavy atom. The van der Waals surface area contributed by atoms with Gasteiger partial charge in [-0.3, -0.25) is 9.69 Å². The summed E-state index contributed by atoms with van der Waals surface area (Å²) < 4.78 is 11.5. The van der Waals surface area contributed by atoms with E-state index in [1.807, 2.05) is 18.2 Å². The lowest BCUT2D eigenvalue weighted by atomic mass is 10.1. The van der Waals surface area contributed by atoms with Crippen molar-refractivity contribution in [2.24, 2.45) is 0 Å². The van der Waals surface area contributed by atoms with Crippen molar-refractivity contribution in [1.82, 2.24) is 15.1 Å². The normalized spacial score (nSPS) is 20.0. The Hall–Kier alpha value is -2.41. The summed E-state index contributed by atoms with van der Waals surface area (Å²) in [5, 5.41) is 3.02. The van der Waals surface area contributed by atoms with E-state index in [4.69, 9.17) is 9.47 Å². The highest BCUT2D eigenvalue weighted by Crippen LogP contribution is 2.20. The summed E-state index contributed by atoms with van der Waals surface area (Å²) in [5.74, 6) is 0.488. The molecule has 4 rings (SSSR count). The van der Waals surface area contributed by atoms with Gasteiger partial charge in [0, 0.05) is 45.9 Å². The Bertz CT molecular complexity index is 841. The van der Waals surface area contributed by atoms with Crippen LogP contribution in [-0.2, 0) is 17.8 Å². The van der Waals surface area contributed by atoms with E-state index in [0.29, 0.717) is 24.5 Å². The molecule has 1 amide bonds. The molecule has 0 radical (unpaired) electrons. The van der Waals surface area contributed by atoms with E-state index >= 15 is 0 Å².